The van der Waals surface area contributed by atoms with Gasteiger partial charge >= 0.3 is 0 Å². The summed E-state index contributed by atoms with van der Waals surface area (Å²) < 4.78 is 26.0. The lowest BCUT2D eigenvalue weighted by atomic mass is 10.3. The van der Waals surface area contributed by atoms with Gasteiger partial charge in [-0.15, -0.1) is 0 Å². The molecule has 20 heavy (non-hydrogen) atoms. The average molecular weight is 320 g/mol. The molecule has 0 heterocycles. The molecule has 1 aromatic carbocycles. The number of carbonyl (C=O) groups is 1. The predicted molar refractivity (Wildman–Crippen MR) is 79.0 cm³/mol. The Hall–Kier alpha value is -1.31. The molecular formula is C12H18ClN3O3S. The Balaban J connectivity index is 3.15. The summed E-state index contributed by atoms with van der Waals surface area (Å²) in [7, 11) is -0.687. The van der Waals surface area contributed by atoms with E-state index in [0.29, 0.717) is 5.02 Å². The molecule has 112 valence electrons. The second-order valence-electron chi connectivity index (χ2n) is 4.40. The number of anilines is 1. The van der Waals surface area contributed by atoms with Gasteiger partial charge in [-0.1, -0.05) is 18.5 Å². The summed E-state index contributed by atoms with van der Waals surface area (Å²) in [6, 6.07) is 4.16. The van der Waals surface area contributed by atoms with Crippen LogP contribution in [0.1, 0.15) is 6.92 Å². The molecular weight excluding hydrogens is 302 g/mol. The molecule has 0 radical (unpaired) electrons. The molecule has 0 aromatic heterocycles. The van der Waals surface area contributed by atoms with Gasteiger partial charge in [0.2, 0.25) is 15.9 Å². The first-order valence-corrected chi connectivity index (χ1v) is 7.77. The Kier molecular flexibility index (Phi) is 5.38. The highest BCUT2D eigenvalue weighted by atomic mass is 35.5. The topological polar surface area (TPSA) is 83.7 Å². The first-order chi connectivity index (χ1) is 9.20. The molecule has 1 aromatic rings. The maximum Gasteiger partial charge on any atom is 0.245 e. The van der Waals surface area contributed by atoms with Gasteiger partial charge < -0.3 is 10.6 Å². The van der Waals surface area contributed by atoms with Gasteiger partial charge in [-0.3, -0.25) is 4.79 Å². The van der Waals surface area contributed by atoms with Crippen LogP contribution in [0.4, 0.5) is 5.69 Å². The number of amides is 1. The molecule has 0 aliphatic heterocycles. The monoisotopic (exact) mass is 319 g/mol. The molecule has 1 rings (SSSR count). The lowest BCUT2D eigenvalue weighted by molar-refractivity contribution is -0.128. The van der Waals surface area contributed by atoms with Crippen molar-refractivity contribution in [2.75, 3.05) is 32.9 Å². The van der Waals surface area contributed by atoms with E-state index in [-0.39, 0.29) is 29.6 Å². The van der Waals surface area contributed by atoms with Gasteiger partial charge in [0.15, 0.2) is 0 Å². The largest absolute Gasteiger partial charge is 0.398 e. The molecule has 0 saturated heterocycles. The maximum absolute atomic E-state index is 12.5. The quantitative estimate of drug-likeness (QED) is 0.821. The minimum atomic E-state index is -3.82. The van der Waals surface area contributed by atoms with Crippen LogP contribution in [0.2, 0.25) is 5.02 Å². The number of halogens is 1. The van der Waals surface area contributed by atoms with Crippen molar-refractivity contribution >= 4 is 33.2 Å². The molecule has 6 nitrogen and oxygen atoms in total. The van der Waals surface area contributed by atoms with E-state index in [1.807, 2.05) is 0 Å². The Labute approximate surface area is 124 Å². The number of nitrogens with two attached hydrogens (primary N) is 1. The molecule has 0 spiro atoms. The third-order valence-corrected chi connectivity index (χ3v) is 4.98. The van der Waals surface area contributed by atoms with Crippen molar-refractivity contribution in [2.45, 2.75) is 11.8 Å². The van der Waals surface area contributed by atoms with Crippen LogP contribution >= 0.6 is 11.6 Å². The van der Waals surface area contributed by atoms with Crippen LogP contribution in [0.5, 0.6) is 0 Å². The Morgan fingerprint density at radius 3 is 2.40 bits per heavy atom. The summed E-state index contributed by atoms with van der Waals surface area (Å²) in [6.45, 7) is 1.60. The highest BCUT2D eigenvalue weighted by Gasteiger charge is 2.27. The number of rotatable bonds is 5. The first kappa shape index (κ1) is 16.7. The SMILES string of the molecule is CCN(CC(=O)N(C)C)S(=O)(=O)c1ccc(Cl)cc1N. The van der Waals surface area contributed by atoms with E-state index in [2.05, 4.69) is 0 Å². The molecule has 0 unspecified atom stereocenters. The summed E-state index contributed by atoms with van der Waals surface area (Å²) in [6.07, 6.45) is 0. The van der Waals surface area contributed by atoms with E-state index in [4.69, 9.17) is 17.3 Å². The van der Waals surface area contributed by atoms with E-state index in [1.54, 1.807) is 21.0 Å². The summed E-state index contributed by atoms with van der Waals surface area (Å²) in [5, 5.41) is 0.355. The van der Waals surface area contributed by atoms with Crippen LogP contribution in [-0.2, 0) is 14.8 Å². The third-order valence-electron chi connectivity index (χ3n) is 2.75. The van der Waals surface area contributed by atoms with Crippen molar-refractivity contribution in [1.29, 1.82) is 0 Å². The molecule has 0 bridgehead atoms. The number of sulfonamides is 1. The van der Waals surface area contributed by atoms with Crippen LogP contribution in [0.25, 0.3) is 0 Å². The molecule has 0 fully saturated rings. The number of benzene rings is 1. The van der Waals surface area contributed by atoms with Gasteiger partial charge in [0.25, 0.3) is 0 Å². The van der Waals surface area contributed by atoms with Crippen LogP contribution < -0.4 is 5.73 Å². The summed E-state index contributed by atoms with van der Waals surface area (Å²) in [4.78, 5) is 13.0. The van der Waals surface area contributed by atoms with Crippen LogP contribution in [0.3, 0.4) is 0 Å². The summed E-state index contributed by atoms with van der Waals surface area (Å²) >= 11 is 5.76. The number of likely N-dealkylation sites (N-methyl/N-ethyl adjacent to an activating group) is 2. The average Bonchev–Trinajstić information content (AvgIpc) is 2.34. The van der Waals surface area contributed by atoms with Crippen LogP contribution in [-0.4, -0.2) is 50.7 Å². The number of nitrogens with zero attached hydrogens (tertiary/aromatic N) is 2. The van der Waals surface area contributed by atoms with E-state index in [0.717, 1.165) is 4.31 Å². The third kappa shape index (κ3) is 3.62. The van der Waals surface area contributed by atoms with Gasteiger partial charge in [0.05, 0.1) is 12.2 Å². The molecule has 8 heteroatoms. The highest BCUT2D eigenvalue weighted by Crippen LogP contribution is 2.25. The van der Waals surface area contributed by atoms with Crippen LogP contribution in [0, 0.1) is 0 Å². The zero-order valence-corrected chi connectivity index (χ0v) is 13.2. The fraction of sp³-hybridized carbons (Fsp3) is 0.417. The second kappa shape index (κ2) is 6.43. The van der Waals surface area contributed by atoms with Gasteiger partial charge in [-0.2, -0.15) is 4.31 Å². The molecule has 2 N–H and O–H groups in total. The van der Waals surface area contributed by atoms with Gasteiger partial charge in [0, 0.05) is 25.7 Å². The van der Waals surface area contributed by atoms with Crippen molar-refractivity contribution in [3.8, 4) is 0 Å². The normalized spacial score (nSPS) is 11.7. The van der Waals surface area contributed by atoms with Gasteiger partial charge in [0.1, 0.15) is 4.90 Å². The standard InChI is InChI=1S/C12H18ClN3O3S/c1-4-16(8-12(17)15(2)3)20(18,19)11-6-5-9(13)7-10(11)14/h5-7H,4,8,14H2,1-3H3. The smallest absolute Gasteiger partial charge is 0.245 e. The van der Waals surface area contributed by atoms with E-state index < -0.39 is 10.0 Å². The highest BCUT2D eigenvalue weighted by molar-refractivity contribution is 7.89. The number of carbonyl (C=O) groups excluding carboxylic acids is 1. The fourth-order valence-corrected chi connectivity index (χ4v) is 3.23. The first-order valence-electron chi connectivity index (χ1n) is 5.95. The molecule has 0 aliphatic carbocycles. The minimum Gasteiger partial charge on any atom is -0.398 e. The van der Waals surface area contributed by atoms with Gasteiger partial charge in [-0.05, 0) is 18.2 Å². The van der Waals surface area contributed by atoms with E-state index in [9.17, 15) is 13.2 Å². The molecule has 0 atom stereocenters. The van der Waals surface area contributed by atoms with Gasteiger partial charge in [-0.25, -0.2) is 8.42 Å². The summed E-state index contributed by atoms with van der Waals surface area (Å²) in [5.41, 5.74) is 5.77. The van der Waals surface area contributed by atoms with Crippen LogP contribution in [0.15, 0.2) is 23.1 Å². The Morgan fingerprint density at radius 2 is 1.95 bits per heavy atom. The van der Waals surface area contributed by atoms with Crippen molar-refractivity contribution in [3.63, 3.8) is 0 Å². The fourth-order valence-electron chi connectivity index (χ4n) is 1.55. The second-order valence-corrected chi connectivity index (χ2v) is 6.74. The minimum absolute atomic E-state index is 0.0460. The molecule has 1 amide bonds. The number of hydrogen-bond acceptors (Lipinski definition) is 4. The van der Waals surface area contributed by atoms with E-state index >= 15 is 0 Å². The predicted octanol–water partition coefficient (Wildman–Crippen LogP) is 1.02. The van der Waals surface area contributed by atoms with E-state index in [1.165, 1.54) is 23.1 Å². The molecule has 0 aliphatic rings. The zero-order chi connectivity index (χ0) is 15.5. The lowest BCUT2D eigenvalue weighted by Gasteiger charge is -2.22. The number of nitrogen functional groups attached to an aromatic ring is 1. The Bertz CT molecular complexity index is 602. The maximum atomic E-state index is 12.5. The molecule has 0 saturated carbocycles. The van der Waals surface area contributed by atoms with Crippen molar-refractivity contribution < 1.29 is 13.2 Å². The summed E-state index contributed by atoms with van der Waals surface area (Å²) in [5.74, 6) is -0.303. The van der Waals surface area contributed by atoms with Crippen molar-refractivity contribution in [1.82, 2.24) is 9.21 Å². The zero-order valence-electron chi connectivity index (χ0n) is 11.6. The number of hydrogen-bond donors (Lipinski definition) is 1. The Morgan fingerprint density at radius 1 is 1.35 bits per heavy atom. The van der Waals surface area contributed by atoms with Crippen molar-refractivity contribution in [2.24, 2.45) is 0 Å². The van der Waals surface area contributed by atoms with Crippen molar-refractivity contribution in [3.05, 3.63) is 23.2 Å². The lowest BCUT2D eigenvalue weighted by Crippen LogP contribution is -2.40.